The van der Waals surface area contributed by atoms with E-state index < -0.39 is 16.1 Å². The van der Waals surface area contributed by atoms with Crippen molar-refractivity contribution < 1.29 is 8.42 Å². The van der Waals surface area contributed by atoms with E-state index in [1.54, 1.807) is 11.6 Å². The molecule has 0 N–H and O–H groups in total. The zero-order valence-corrected chi connectivity index (χ0v) is 15.5. The van der Waals surface area contributed by atoms with Gasteiger partial charge in [-0.05, 0) is 18.9 Å². The summed E-state index contributed by atoms with van der Waals surface area (Å²) in [5.41, 5.74) is 1.05. The van der Waals surface area contributed by atoms with Gasteiger partial charge in [0.1, 0.15) is 11.6 Å². The van der Waals surface area contributed by atoms with Crippen molar-refractivity contribution in [1.82, 2.24) is 28.6 Å². The van der Waals surface area contributed by atoms with Crippen LogP contribution in [0.2, 0.25) is 0 Å². The number of aryl methyl sites for hydroxylation is 2. The smallest absolute Gasteiger partial charge is 0.262 e. The molecule has 0 fully saturated rings. The maximum absolute atomic E-state index is 13.2. The van der Waals surface area contributed by atoms with E-state index in [1.807, 2.05) is 41.9 Å². The second-order valence-electron chi connectivity index (χ2n) is 6.44. The fourth-order valence-corrected chi connectivity index (χ4v) is 4.87. The van der Waals surface area contributed by atoms with Crippen LogP contribution in [0, 0.1) is 6.92 Å². The molecule has 0 unspecified atom stereocenters. The van der Waals surface area contributed by atoms with Crippen molar-refractivity contribution in [3.63, 3.8) is 0 Å². The zero-order chi connectivity index (χ0) is 18.3. The molecule has 0 bridgehead atoms. The third kappa shape index (κ3) is 2.93. The van der Waals surface area contributed by atoms with Gasteiger partial charge >= 0.3 is 0 Å². The Morgan fingerprint density at radius 1 is 1.19 bits per heavy atom. The Kier molecular flexibility index (Phi) is 4.12. The van der Waals surface area contributed by atoms with Crippen LogP contribution >= 0.6 is 0 Å². The molecular formula is C17H20N6O2S. The van der Waals surface area contributed by atoms with Crippen LogP contribution in [0.5, 0.6) is 0 Å². The minimum Gasteiger partial charge on any atom is -0.339 e. The third-order valence-corrected chi connectivity index (χ3v) is 6.30. The predicted molar refractivity (Wildman–Crippen MR) is 94.7 cm³/mol. The van der Waals surface area contributed by atoms with Crippen molar-refractivity contribution in [2.45, 2.75) is 31.0 Å². The van der Waals surface area contributed by atoms with Crippen LogP contribution < -0.4 is 0 Å². The Morgan fingerprint density at radius 2 is 1.96 bits per heavy atom. The van der Waals surface area contributed by atoms with Crippen LogP contribution in [-0.4, -0.2) is 43.6 Å². The lowest BCUT2D eigenvalue weighted by atomic mass is 10.0. The van der Waals surface area contributed by atoms with Crippen LogP contribution in [0.4, 0.5) is 0 Å². The van der Waals surface area contributed by atoms with Gasteiger partial charge in [0.25, 0.3) is 10.0 Å². The van der Waals surface area contributed by atoms with E-state index in [4.69, 9.17) is 0 Å². The first-order valence-electron chi connectivity index (χ1n) is 8.40. The quantitative estimate of drug-likeness (QED) is 0.689. The number of nitrogens with zero attached hydrogens (tertiary/aromatic N) is 6. The topological polar surface area (TPSA) is 85.9 Å². The first kappa shape index (κ1) is 16.9. The highest BCUT2D eigenvalue weighted by Crippen LogP contribution is 2.32. The fourth-order valence-electron chi connectivity index (χ4n) is 3.32. The molecule has 3 heterocycles. The van der Waals surface area contributed by atoms with Gasteiger partial charge in [0, 0.05) is 19.8 Å². The van der Waals surface area contributed by atoms with Gasteiger partial charge in [-0.2, -0.15) is 9.40 Å². The number of rotatable bonds is 4. The molecule has 0 amide bonds. The van der Waals surface area contributed by atoms with Crippen LogP contribution in [0.1, 0.15) is 23.3 Å². The molecule has 1 aliphatic heterocycles. The van der Waals surface area contributed by atoms with Crippen molar-refractivity contribution in [1.29, 1.82) is 0 Å². The van der Waals surface area contributed by atoms with E-state index in [2.05, 4.69) is 15.1 Å². The Morgan fingerprint density at radius 3 is 2.65 bits per heavy atom. The van der Waals surface area contributed by atoms with Crippen molar-refractivity contribution >= 4 is 10.0 Å². The number of aromatic nitrogens is 5. The number of sulfonamides is 1. The van der Waals surface area contributed by atoms with Gasteiger partial charge < -0.3 is 4.57 Å². The normalized spacial score (nSPS) is 18.0. The highest BCUT2D eigenvalue weighted by atomic mass is 32.2. The van der Waals surface area contributed by atoms with E-state index in [0.29, 0.717) is 31.2 Å². The molecule has 0 spiro atoms. The monoisotopic (exact) mass is 372 g/mol. The molecule has 0 aliphatic carbocycles. The molecule has 2 aromatic heterocycles. The largest absolute Gasteiger partial charge is 0.339 e. The lowest BCUT2D eigenvalue weighted by Gasteiger charge is -2.33. The molecule has 1 aliphatic rings. The minimum atomic E-state index is -3.72. The molecule has 9 heteroatoms. The van der Waals surface area contributed by atoms with Crippen LogP contribution in [0.15, 0.2) is 47.9 Å². The summed E-state index contributed by atoms with van der Waals surface area (Å²) < 4.78 is 31.4. The van der Waals surface area contributed by atoms with Crippen LogP contribution in [-0.2, 0) is 30.0 Å². The maximum atomic E-state index is 13.2. The molecule has 3 aromatic rings. The van der Waals surface area contributed by atoms with Gasteiger partial charge in [-0.1, -0.05) is 30.3 Å². The zero-order valence-electron chi connectivity index (χ0n) is 14.6. The number of hydrogen-bond acceptors (Lipinski definition) is 5. The molecule has 1 atom stereocenters. The van der Waals surface area contributed by atoms with E-state index >= 15 is 0 Å². The van der Waals surface area contributed by atoms with Gasteiger partial charge in [-0.25, -0.2) is 23.1 Å². The molecular weight excluding hydrogens is 352 g/mol. The average molecular weight is 372 g/mol. The van der Waals surface area contributed by atoms with Crippen molar-refractivity contribution in [3.8, 4) is 0 Å². The standard InChI is InChI=1S/C17H20N6O2S/c1-13-19-17-15(10-14-6-4-3-5-7-14)23(9-8-22(17)20-13)26(24,25)16-11-21(2)12-18-16/h3-7,11-12,15H,8-10H2,1-2H3/t15-/m0/s1. The Bertz CT molecular complexity index is 1020. The van der Waals surface area contributed by atoms with Gasteiger partial charge in [0.2, 0.25) is 0 Å². The highest BCUT2D eigenvalue weighted by Gasteiger charge is 2.39. The third-order valence-electron chi connectivity index (χ3n) is 4.51. The summed E-state index contributed by atoms with van der Waals surface area (Å²) in [6.07, 6.45) is 3.56. The van der Waals surface area contributed by atoms with Crippen molar-refractivity contribution in [2.24, 2.45) is 7.05 Å². The molecule has 4 rings (SSSR count). The van der Waals surface area contributed by atoms with Crippen LogP contribution in [0.25, 0.3) is 0 Å². The van der Waals surface area contributed by atoms with Gasteiger partial charge in [0.05, 0.1) is 18.9 Å². The summed E-state index contributed by atoms with van der Waals surface area (Å²) >= 11 is 0. The Balaban J connectivity index is 1.77. The number of benzene rings is 1. The summed E-state index contributed by atoms with van der Waals surface area (Å²) in [7, 11) is -1.97. The number of hydrogen-bond donors (Lipinski definition) is 0. The summed E-state index contributed by atoms with van der Waals surface area (Å²) in [5, 5.41) is 4.46. The first-order chi connectivity index (χ1) is 12.4. The van der Waals surface area contributed by atoms with Crippen LogP contribution in [0.3, 0.4) is 0 Å². The SMILES string of the molecule is Cc1nc2n(n1)CCN(S(=O)(=O)c1cn(C)cn1)[C@H]2Cc1ccccc1. The van der Waals surface area contributed by atoms with Gasteiger partial charge in [0.15, 0.2) is 5.03 Å². The van der Waals surface area contributed by atoms with E-state index in [1.165, 1.54) is 16.8 Å². The van der Waals surface area contributed by atoms with E-state index in [0.717, 1.165) is 5.56 Å². The van der Waals surface area contributed by atoms with Gasteiger partial charge in [-0.3, -0.25) is 0 Å². The first-order valence-corrected chi connectivity index (χ1v) is 9.84. The predicted octanol–water partition coefficient (Wildman–Crippen LogP) is 1.31. The van der Waals surface area contributed by atoms with E-state index in [9.17, 15) is 8.42 Å². The summed E-state index contributed by atoms with van der Waals surface area (Å²) in [4.78, 5) is 8.57. The highest BCUT2D eigenvalue weighted by molar-refractivity contribution is 7.89. The Hall–Kier alpha value is -2.52. The lowest BCUT2D eigenvalue weighted by Crippen LogP contribution is -2.43. The minimum absolute atomic E-state index is 0.0581. The summed E-state index contributed by atoms with van der Waals surface area (Å²) in [5.74, 6) is 1.33. The van der Waals surface area contributed by atoms with Gasteiger partial charge in [-0.15, -0.1) is 0 Å². The second-order valence-corrected chi connectivity index (χ2v) is 8.28. The van der Waals surface area contributed by atoms with Crippen molar-refractivity contribution in [2.75, 3.05) is 6.54 Å². The lowest BCUT2D eigenvalue weighted by molar-refractivity contribution is 0.248. The summed E-state index contributed by atoms with van der Waals surface area (Å²) in [6, 6.07) is 9.41. The molecule has 0 saturated heterocycles. The molecule has 0 saturated carbocycles. The molecule has 136 valence electrons. The molecule has 1 aromatic carbocycles. The van der Waals surface area contributed by atoms with E-state index in [-0.39, 0.29) is 5.03 Å². The molecule has 8 nitrogen and oxygen atoms in total. The fraction of sp³-hybridized carbons (Fsp3) is 0.353. The molecule has 26 heavy (non-hydrogen) atoms. The number of imidazole rings is 1. The average Bonchev–Trinajstić information content (AvgIpc) is 3.21. The number of fused-ring (bicyclic) bond motifs is 1. The molecule has 0 radical (unpaired) electrons. The summed E-state index contributed by atoms with van der Waals surface area (Å²) in [6.45, 7) is 2.64. The second kappa shape index (κ2) is 6.33. The maximum Gasteiger partial charge on any atom is 0.262 e. The van der Waals surface area contributed by atoms with Crippen molar-refractivity contribution in [3.05, 3.63) is 60.1 Å². The Labute approximate surface area is 152 Å².